The zero-order valence-corrected chi connectivity index (χ0v) is 20.4. The molecular formula is C30H31F5O. The van der Waals surface area contributed by atoms with Crippen LogP contribution in [0.25, 0.3) is 11.1 Å². The summed E-state index contributed by atoms with van der Waals surface area (Å²) >= 11 is 0. The molecule has 6 heteroatoms. The Balaban J connectivity index is 1.60. The highest BCUT2D eigenvalue weighted by Crippen LogP contribution is 2.41. The largest absolute Gasteiger partial charge is 0.454 e. The van der Waals surface area contributed by atoms with Gasteiger partial charge in [0.05, 0.1) is 5.56 Å². The lowest BCUT2D eigenvalue weighted by Crippen LogP contribution is -2.15. The van der Waals surface area contributed by atoms with E-state index in [4.69, 9.17) is 4.74 Å². The van der Waals surface area contributed by atoms with Crippen molar-refractivity contribution in [3.63, 3.8) is 0 Å². The standard InChI is InChI=1S/C30H31F5O/c1-2-6-20-9-11-21(12-10-20)13-18-25-27(31)19-26(22-7-4-3-5-8-22)29(28(25)32)36-24-16-14-23(15-17-24)30(33,34)35/h3-5,7-8,14-17,19-21H,2,6,9-13,18H2,1H3. The molecule has 1 aliphatic carbocycles. The summed E-state index contributed by atoms with van der Waals surface area (Å²) in [5.41, 5.74) is -0.0911. The van der Waals surface area contributed by atoms with Gasteiger partial charge in [-0.15, -0.1) is 0 Å². The quantitative estimate of drug-likeness (QED) is 0.279. The van der Waals surface area contributed by atoms with Crippen LogP contribution in [0.15, 0.2) is 60.7 Å². The first kappa shape index (κ1) is 26.2. The fraction of sp³-hybridized carbons (Fsp3) is 0.400. The first-order valence-electron chi connectivity index (χ1n) is 12.7. The molecule has 1 fully saturated rings. The van der Waals surface area contributed by atoms with Gasteiger partial charge in [-0.2, -0.15) is 13.2 Å². The van der Waals surface area contributed by atoms with Crippen molar-refractivity contribution in [2.75, 3.05) is 0 Å². The predicted octanol–water partition coefficient (Wildman–Crippen LogP) is 9.98. The molecule has 3 aromatic carbocycles. The Morgan fingerprint density at radius 1 is 0.833 bits per heavy atom. The molecule has 0 spiro atoms. The van der Waals surface area contributed by atoms with Crippen molar-refractivity contribution < 1.29 is 26.7 Å². The van der Waals surface area contributed by atoms with E-state index in [1.165, 1.54) is 31.7 Å². The lowest BCUT2D eigenvalue weighted by molar-refractivity contribution is -0.137. The number of benzene rings is 3. The van der Waals surface area contributed by atoms with Gasteiger partial charge >= 0.3 is 6.18 Å². The highest BCUT2D eigenvalue weighted by molar-refractivity contribution is 5.72. The van der Waals surface area contributed by atoms with Crippen LogP contribution in [0.2, 0.25) is 0 Å². The van der Waals surface area contributed by atoms with Gasteiger partial charge in [0.2, 0.25) is 0 Å². The Kier molecular flexibility index (Phi) is 8.32. The van der Waals surface area contributed by atoms with Crippen LogP contribution in [-0.4, -0.2) is 0 Å². The molecular weight excluding hydrogens is 471 g/mol. The predicted molar refractivity (Wildman–Crippen MR) is 132 cm³/mol. The van der Waals surface area contributed by atoms with Crippen molar-refractivity contribution in [2.24, 2.45) is 11.8 Å². The molecule has 1 aliphatic rings. The molecule has 36 heavy (non-hydrogen) atoms. The van der Waals surface area contributed by atoms with Gasteiger partial charge in [0, 0.05) is 11.1 Å². The summed E-state index contributed by atoms with van der Waals surface area (Å²) in [4.78, 5) is 0. The Labute approximate surface area is 209 Å². The molecule has 0 unspecified atom stereocenters. The third kappa shape index (κ3) is 6.26. The van der Waals surface area contributed by atoms with E-state index >= 15 is 8.78 Å². The minimum absolute atomic E-state index is 0.0349. The number of hydrogen-bond donors (Lipinski definition) is 0. The van der Waals surface area contributed by atoms with E-state index in [2.05, 4.69) is 6.92 Å². The van der Waals surface area contributed by atoms with E-state index in [0.717, 1.165) is 43.0 Å². The van der Waals surface area contributed by atoms with Crippen LogP contribution in [0.1, 0.15) is 63.0 Å². The molecule has 192 valence electrons. The van der Waals surface area contributed by atoms with Crippen molar-refractivity contribution in [1.82, 2.24) is 0 Å². The van der Waals surface area contributed by atoms with E-state index in [1.807, 2.05) is 0 Å². The molecule has 0 saturated heterocycles. The summed E-state index contributed by atoms with van der Waals surface area (Å²) in [7, 11) is 0. The van der Waals surface area contributed by atoms with Gasteiger partial charge < -0.3 is 4.74 Å². The maximum absolute atomic E-state index is 15.8. The van der Waals surface area contributed by atoms with Crippen molar-refractivity contribution in [2.45, 2.75) is 64.5 Å². The van der Waals surface area contributed by atoms with E-state index in [-0.39, 0.29) is 29.0 Å². The molecule has 1 saturated carbocycles. The number of hydrogen-bond acceptors (Lipinski definition) is 1. The summed E-state index contributed by atoms with van der Waals surface area (Å²) in [5.74, 6) is -0.368. The van der Waals surface area contributed by atoms with Crippen LogP contribution in [-0.2, 0) is 12.6 Å². The van der Waals surface area contributed by atoms with Crippen LogP contribution in [0.3, 0.4) is 0 Å². The van der Waals surface area contributed by atoms with Gasteiger partial charge in [-0.1, -0.05) is 75.8 Å². The maximum atomic E-state index is 15.8. The molecule has 0 N–H and O–H groups in total. The highest BCUT2D eigenvalue weighted by atomic mass is 19.4. The Morgan fingerprint density at radius 2 is 1.44 bits per heavy atom. The molecule has 0 amide bonds. The number of alkyl halides is 3. The third-order valence-electron chi connectivity index (χ3n) is 7.22. The molecule has 0 aliphatic heterocycles. The van der Waals surface area contributed by atoms with Crippen LogP contribution in [0, 0.1) is 23.5 Å². The topological polar surface area (TPSA) is 9.23 Å². The average molecular weight is 503 g/mol. The monoisotopic (exact) mass is 502 g/mol. The zero-order chi connectivity index (χ0) is 25.7. The van der Waals surface area contributed by atoms with Gasteiger partial charge in [-0.05, 0) is 60.6 Å². The van der Waals surface area contributed by atoms with Gasteiger partial charge in [0.15, 0.2) is 11.6 Å². The van der Waals surface area contributed by atoms with Crippen LogP contribution >= 0.6 is 0 Å². The molecule has 0 radical (unpaired) electrons. The Bertz CT molecular complexity index is 1130. The van der Waals surface area contributed by atoms with Crippen molar-refractivity contribution in [1.29, 1.82) is 0 Å². The summed E-state index contributed by atoms with van der Waals surface area (Å²) in [6.07, 6.45) is 3.35. The molecule has 0 bridgehead atoms. The van der Waals surface area contributed by atoms with Crippen LogP contribution in [0.4, 0.5) is 22.0 Å². The second-order valence-corrected chi connectivity index (χ2v) is 9.73. The average Bonchev–Trinajstić information content (AvgIpc) is 2.87. The molecule has 0 atom stereocenters. The van der Waals surface area contributed by atoms with E-state index < -0.39 is 23.4 Å². The molecule has 0 aromatic heterocycles. The van der Waals surface area contributed by atoms with E-state index in [0.29, 0.717) is 17.9 Å². The second kappa shape index (κ2) is 11.4. The smallest absolute Gasteiger partial charge is 0.416 e. The van der Waals surface area contributed by atoms with E-state index in [1.54, 1.807) is 30.3 Å². The van der Waals surface area contributed by atoms with Crippen molar-refractivity contribution in [3.8, 4) is 22.6 Å². The zero-order valence-electron chi connectivity index (χ0n) is 20.4. The number of rotatable bonds is 8. The highest BCUT2D eigenvalue weighted by Gasteiger charge is 2.30. The van der Waals surface area contributed by atoms with Gasteiger partial charge in [0.1, 0.15) is 11.6 Å². The lowest BCUT2D eigenvalue weighted by atomic mass is 9.78. The fourth-order valence-corrected chi connectivity index (χ4v) is 5.20. The van der Waals surface area contributed by atoms with E-state index in [9.17, 15) is 13.2 Å². The van der Waals surface area contributed by atoms with Gasteiger partial charge in [-0.3, -0.25) is 0 Å². The minimum atomic E-state index is -4.49. The van der Waals surface area contributed by atoms with Gasteiger partial charge in [-0.25, -0.2) is 8.78 Å². The summed E-state index contributed by atoms with van der Waals surface area (Å²) in [6, 6.07) is 14.0. The van der Waals surface area contributed by atoms with Crippen molar-refractivity contribution >= 4 is 0 Å². The summed E-state index contributed by atoms with van der Waals surface area (Å²) in [5, 5.41) is 0. The maximum Gasteiger partial charge on any atom is 0.416 e. The second-order valence-electron chi connectivity index (χ2n) is 9.73. The summed E-state index contributed by atoms with van der Waals surface area (Å²) in [6.45, 7) is 2.20. The third-order valence-corrected chi connectivity index (χ3v) is 7.22. The number of halogens is 5. The number of ether oxygens (including phenoxy) is 1. The normalized spacial score (nSPS) is 18.3. The fourth-order valence-electron chi connectivity index (χ4n) is 5.20. The molecule has 0 heterocycles. The Hall–Kier alpha value is -2.89. The molecule has 1 nitrogen and oxygen atoms in total. The van der Waals surface area contributed by atoms with Crippen LogP contribution < -0.4 is 4.74 Å². The Morgan fingerprint density at radius 3 is 2.03 bits per heavy atom. The summed E-state index contributed by atoms with van der Waals surface area (Å²) < 4.78 is 75.6. The molecule has 3 aromatic rings. The van der Waals surface area contributed by atoms with Crippen molar-refractivity contribution in [3.05, 3.63) is 83.4 Å². The SMILES string of the molecule is CCCC1CCC(CCc2c(F)cc(-c3ccccc3)c(Oc3ccc(C(F)(F)F)cc3)c2F)CC1. The lowest BCUT2D eigenvalue weighted by Gasteiger charge is -2.28. The van der Waals surface area contributed by atoms with Crippen LogP contribution in [0.5, 0.6) is 11.5 Å². The first-order chi connectivity index (χ1) is 17.3. The van der Waals surface area contributed by atoms with Gasteiger partial charge in [0.25, 0.3) is 0 Å². The minimum Gasteiger partial charge on any atom is -0.454 e. The first-order valence-corrected chi connectivity index (χ1v) is 12.7. The molecule has 4 rings (SSSR count).